The summed E-state index contributed by atoms with van der Waals surface area (Å²) in [4.78, 5) is 151. The average Bonchev–Trinajstić information content (AvgIpc) is 2.91. The summed E-state index contributed by atoms with van der Waals surface area (Å²) in [7, 11) is 0.580. The fourth-order valence-corrected chi connectivity index (χ4v) is 7.65. The Labute approximate surface area is 513 Å². The van der Waals surface area contributed by atoms with Gasteiger partial charge in [0, 0.05) is 43.4 Å². The molecule has 538 valence electrons. The van der Waals surface area contributed by atoms with Gasteiger partial charge in [0.1, 0.15) is 30.8 Å². The van der Waals surface area contributed by atoms with Crippen LogP contribution in [0, 0.1) is 0 Å². The van der Waals surface area contributed by atoms with Gasteiger partial charge in [-0.15, -0.1) is 0 Å². The molecule has 0 aliphatic rings. The maximum Gasteiger partial charge on any atom is 0.474 e. The number of phosphoric ester groups is 2. The van der Waals surface area contributed by atoms with Crippen LogP contribution in [-0.2, 0) is 57.0 Å². The first-order valence-electron chi connectivity index (χ1n) is 24.8. The Morgan fingerprint density at radius 2 is 1.13 bits per heavy atom. The molecule has 0 saturated carbocycles. The average molecular weight is 2610 g/mol. The van der Waals surface area contributed by atoms with Crippen LogP contribution in [0.1, 0.15) is 40.0 Å². The van der Waals surface area contributed by atoms with Crippen molar-refractivity contribution in [2.45, 2.75) is 38.6 Å². The van der Waals surface area contributed by atoms with Crippen molar-refractivity contribution in [2.24, 2.45) is 0 Å². The van der Waals surface area contributed by atoms with Crippen LogP contribution in [-0.4, -0.2) is 198 Å². The summed E-state index contributed by atoms with van der Waals surface area (Å²) >= 11 is 5.08. The number of rotatable bonds is 27. The number of phosphoric acid groups is 2. The molecule has 1 atom stereocenters. The van der Waals surface area contributed by atoms with Crippen molar-refractivity contribution < 1.29 is 134 Å². The van der Waals surface area contributed by atoms with Gasteiger partial charge in [-0.1, -0.05) is 24.3 Å². The molecule has 3 aromatic carbocycles. The topological polar surface area (TPSA) is 450 Å². The third-order valence-electron chi connectivity index (χ3n) is 11.5. The third kappa shape index (κ3) is 29.7. The van der Waals surface area contributed by atoms with Crippen molar-refractivity contribution in [3.63, 3.8) is 0 Å². The van der Waals surface area contributed by atoms with E-state index in [-0.39, 0.29) is 133 Å². The Hall–Kier alpha value is -12.6. The van der Waals surface area contributed by atoms with Crippen molar-refractivity contribution in [2.75, 3.05) is 92.6 Å². The van der Waals surface area contributed by atoms with Gasteiger partial charge in [0.05, 0.1) is 72.8 Å². The number of carbonyl (C=O) groups excluding carboxylic acids is 5. The number of aromatic nitrogens is 4. The number of nitrogens with two attached hydrogens (primary N) is 1. The molecule has 2 heterocycles. The Morgan fingerprint density at radius 1 is 0.685 bits per heavy atom. The van der Waals surface area contributed by atoms with Gasteiger partial charge in [-0.05, 0) is 66.1 Å². The van der Waals surface area contributed by atoms with Gasteiger partial charge in [0.15, 0.2) is 24.6 Å². The second-order valence-corrected chi connectivity index (χ2v) is 22.5. The third-order valence-corrected chi connectivity index (χ3v) is 12.6. The van der Waals surface area contributed by atoms with E-state index in [1.54, 1.807) is 71.6 Å². The predicted octanol–water partition coefficient (Wildman–Crippen LogP) is -2.60. The summed E-state index contributed by atoms with van der Waals surface area (Å²) in [5, 5.41) is 20.6. The molecule has 10 N–H and O–H groups in total. The molecular formula is C49H64Cl3Fm5N11O22P2. The molecule has 5 aromatic rings. The zero-order valence-electron chi connectivity index (χ0n) is 48.7. The summed E-state index contributed by atoms with van der Waals surface area (Å²) in [6.45, 7) is 0.0896. The zero-order valence-corrected chi connectivity index (χ0v) is 64.8. The summed E-state index contributed by atoms with van der Waals surface area (Å²) in [6.07, 6.45) is -1.75. The number of quaternary nitrogens is 2. The minimum Gasteiger partial charge on any atom is -1.00 e. The standard InChI is InChI=1S/C34H40N9O14P.C15H22ClN2O8P.2ClH.5Fm/c1-41(14-15-43(2,3)19-56-58(52,53)54)33(50)57-24-10-4-20(5-11-24)18-55-34(51)42(17-22-16-36-28-27(37-22)30(47)40-32(35)39-28)23-8-6-21(7-9-23)29(46)38-25(31(48)49)12-13-26(44)45;1-17(8-9-18(2,3)11-25-27(21,22)23)15(20)26-13-6-4-12(5-7-13)10-24-14(16)19;;;;;;;/h4-11,16,25H,12-15,17-19H2,1-3H3,(H7-,35,36,38,39,40,44,45,46,47,48,49,52,53,54);4-7H,8-11H2,1-3H3,(H-,21,22,23);2*1H;;;;;. The number of aromatic amines is 1. The molecule has 0 spiro atoms. The number of nitrogens with one attached hydrogen (secondary N) is 2. The van der Waals surface area contributed by atoms with E-state index in [1.807, 2.05) is 0 Å². The number of carboxylic acid groups (broad SMARTS) is 2. The number of hydrogen-bond acceptors (Lipinski definition) is 20. The minimum atomic E-state index is -4.66. The summed E-state index contributed by atoms with van der Waals surface area (Å²) in [5.74, 6) is -3.14. The Bertz CT molecular complexity index is 3350. The van der Waals surface area contributed by atoms with Gasteiger partial charge in [0.25, 0.3) is 11.5 Å². The Balaban J connectivity index is -0.000000972. The number of carbonyl (C=O) groups is 7. The Morgan fingerprint density at radius 3 is 1.54 bits per heavy atom. The second-order valence-electron chi connectivity index (χ2n) is 19.7. The molecule has 43 heteroatoms. The summed E-state index contributed by atoms with van der Waals surface area (Å²) < 4.78 is 51.9. The normalized spacial score (nSPS) is 11.0. The fraction of sp³-hybridized carbons (Fsp3) is 0.367. The van der Waals surface area contributed by atoms with E-state index in [9.17, 15) is 52.6 Å². The van der Waals surface area contributed by atoms with E-state index >= 15 is 0 Å². The molecule has 2 aromatic heterocycles. The number of halogens is 3. The molecule has 4 amide bonds. The molecule has 5 rings (SSSR count). The predicted molar refractivity (Wildman–Crippen MR) is 297 cm³/mol. The monoisotopic (exact) mass is 2610 g/mol. The second kappa shape index (κ2) is 37.2. The molecule has 92 heavy (non-hydrogen) atoms. The van der Waals surface area contributed by atoms with Crippen LogP contribution in [0.2, 0.25) is 0 Å². The van der Waals surface area contributed by atoms with Crippen LogP contribution < -0.4 is 55.8 Å². The number of benzene rings is 3. The van der Waals surface area contributed by atoms with Gasteiger partial charge < -0.3 is 103 Å². The van der Waals surface area contributed by atoms with Gasteiger partial charge >= 0.3 is 51.3 Å². The van der Waals surface area contributed by atoms with Gasteiger partial charge in [-0.25, -0.2) is 52.1 Å². The van der Waals surface area contributed by atoms with Gasteiger partial charge in [0.2, 0.25) is 5.95 Å². The molecular weight excluding hydrogens is 2550 g/mol. The number of nitrogens with zero attached hydrogens (tertiary/aromatic N) is 8. The quantitative estimate of drug-likeness (QED) is 0.0113. The van der Waals surface area contributed by atoms with Crippen LogP contribution in [0.15, 0.2) is 83.8 Å². The summed E-state index contributed by atoms with van der Waals surface area (Å²) in [5.41, 5.74) is 5.35. The largest absolute Gasteiger partial charge is 1.00 e. The molecule has 33 nitrogen and oxygen atoms in total. The molecule has 0 saturated heterocycles. The van der Waals surface area contributed by atoms with Crippen molar-refractivity contribution in [1.82, 2.24) is 35.1 Å². The van der Waals surface area contributed by atoms with E-state index in [1.165, 1.54) is 59.4 Å². The maximum atomic E-state index is 13.6. The molecule has 0 radical (unpaired) electrons. The van der Waals surface area contributed by atoms with E-state index in [4.69, 9.17) is 56.2 Å². The zero-order chi connectivity index (χ0) is 63.5. The molecule has 0 aliphatic heterocycles. The van der Waals surface area contributed by atoms with E-state index in [0.29, 0.717) is 23.4 Å². The van der Waals surface area contributed by atoms with Crippen molar-refractivity contribution in [3.8, 4) is 11.5 Å². The molecule has 0 aliphatic carbocycles. The minimum absolute atomic E-state index is 0. The number of hydrogen-bond donors (Lipinski definition) is 9. The van der Waals surface area contributed by atoms with E-state index < -0.39 is 75.2 Å². The van der Waals surface area contributed by atoms with Crippen LogP contribution in [0.3, 0.4) is 0 Å². The molecule has 0 fully saturated rings. The number of aliphatic carboxylic acids is 2. The number of ether oxygens (including phenoxy) is 4. The molecule has 0 bridgehead atoms. The van der Waals surface area contributed by atoms with Crippen LogP contribution >= 0.6 is 27.2 Å². The van der Waals surface area contributed by atoms with Gasteiger partial charge in [-0.3, -0.25) is 24.3 Å². The Kier molecular flexibility index (Phi) is 34.7. The number of nitrogen functional groups attached to an aromatic ring is 1. The van der Waals surface area contributed by atoms with E-state index in [2.05, 4.69) is 39.0 Å². The first-order valence-corrected chi connectivity index (χ1v) is 28.2. The van der Waals surface area contributed by atoms with Crippen LogP contribution in [0.25, 0.3) is 11.2 Å². The first kappa shape index (κ1) is 85.8. The SMILES string of the molecule is CN(CC[N+](C)(C)COP(=O)(O)O)C(=O)Oc1ccc(COC(=O)Cl)cc1.CN(CC[N+](C)(C)COP(=O)(O)O)C(=O)Oc1ccc(COC(=O)N(Cc2cnc3nc(N)[nH]c(=O)c3n2)c2ccc(C(=O)NC(CCC(=O)O)C(=O)O)cc2)cc1.[Cl-].[Cl-].[Fm].[Fm].[Fm].[Fm].[Fm]. The number of amides is 4. The number of likely N-dealkylation sites (N-methyl/N-ethyl adjacent to an activating group) is 4. The molecule has 1 unspecified atom stereocenters. The maximum absolute atomic E-state index is 13.6. The van der Waals surface area contributed by atoms with Crippen LogP contribution in [0.5, 0.6) is 11.5 Å². The fourth-order valence-electron chi connectivity index (χ4n) is 6.67. The van der Waals surface area contributed by atoms with Crippen molar-refractivity contribution in [1.29, 1.82) is 0 Å². The van der Waals surface area contributed by atoms with Crippen molar-refractivity contribution >= 4 is 91.6 Å². The van der Waals surface area contributed by atoms with E-state index in [0.717, 1.165) is 4.90 Å². The number of carboxylic acids is 2. The first-order chi connectivity index (χ1) is 39.6. The summed E-state index contributed by atoms with van der Waals surface area (Å²) in [6, 6.07) is 16.3. The van der Waals surface area contributed by atoms with Crippen LogP contribution in [0.4, 0.5) is 30.8 Å². The number of anilines is 2. The van der Waals surface area contributed by atoms with Gasteiger partial charge in [-0.2, -0.15) is 4.98 Å². The smallest absolute Gasteiger partial charge is 0.474 e. The number of fused-ring (bicyclic) bond motifs is 1. The number of H-pyrrole nitrogens is 1. The van der Waals surface area contributed by atoms with Crippen molar-refractivity contribution in [3.05, 3.63) is 112 Å².